The van der Waals surface area contributed by atoms with Gasteiger partial charge in [0.15, 0.2) is 0 Å². The van der Waals surface area contributed by atoms with Gasteiger partial charge in [0.2, 0.25) is 10.0 Å². The maximum atomic E-state index is 11.9. The van der Waals surface area contributed by atoms with E-state index in [2.05, 4.69) is 9.88 Å². The van der Waals surface area contributed by atoms with Crippen LogP contribution < -0.4 is 0 Å². The molecule has 37 heavy (non-hydrogen) atoms. The summed E-state index contributed by atoms with van der Waals surface area (Å²) in [6.45, 7) is 4.26. The molecule has 2 aliphatic heterocycles. The van der Waals surface area contributed by atoms with Crippen molar-refractivity contribution in [3.05, 3.63) is 30.1 Å². The van der Waals surface area contributed by atoms with E-state index in [4.69, 9.17) is 29.3 Å². The van der Waals surface area contributed by atoms with Gasteiger partial charge in [0.1, 0.15) is 5.60 Å². The van der Waals surface area contributed by atoms with Crippen LogP contribution in [0.3, 0.4) is 0 Å². The van der Waals surface area contributed by atoms with Crippen LogP contribution in [0, 0.1) is 0 Å². The third kappa shape index (κ3) is 12.0. The number of halogens is 6. The number of carbonyl (C=O) groups is 2. The van der Waals surface area contributed by atoms with Crippen molar-refractivity contribution in [2.75, 3.05) is 52.3 Å². The van der Waals surface area contributed by atoms with Gasteiger partial charge < -0.3 is 19.7 Å². The molecule has 1 atom stereocenters. The minimum Gasteiger partial charge on any atom is -0.475 e. The van der Waals surface area contributed by atoms with Crippen molar-refractivity contribution in [3.63, 3.8) is 0 Å². The minimum atomic E-state index is -5.08. The molecule has 2 fully saturated rings. The molecule has 0 aromatic carbocycles. The van der Waals surface area contributed by atoms with E-state index in [9.17, 15) is 34.8 Å². The van der Waals surface area contributed by atoms with Crippen molar-refractivity contribution in [2.24, 2.45) is 0 Å². The zero-order valence-corrected chi connectivity index (χ0v) is 20.1. The fourth-order valence-corrected chi connectivity index (χ4v) is 3.99. The molecule has 0 amide bonds. The molecule has 2 aliphatic rings. The zero-order chi connectivity index (χ0) is 28.5. The van der Waals surface area contributed by atoms with E-state index in [1.165, 1.54) is 10.6 Å². The van der Waals surface area contributed by atoms with E-state index >= 15 is 0 Å². The SMILES string of the molecule is CS(=O)(=O)N1CCOCC2(CN(Cc3ccccn3)CCO2)C1.O=C(O)C(F)(F)F.O=C(O)C(F)(F)F. The summed E-state index contributed by atoms with van der Waals surface area (Å²) in [7, 11) is -3.26. The molecule has 1 spiro atoms. The molecule has 3 rings (SSSR count). The van der Waals surface area contributed by atoms with Gasteiger partial charge in [0.25, 0.3) is 0 Å². The van der Waals surface area contributed by atoms with E-state index < -0.39 is 39.9 Å². The predicted octanol–water partition coefficient (Wildman–Crippen LogP) is 1.21. The smallest absolute Gasteiger partial charge is 0.475 e. The highest BCUT2D eigenvalue weighted by Gasteiger charge is 2.42. The van der Waals surface area contributed by atoms with Gasteiger partial charge >= 0.3 is 24.3 Å². The number of alkyl halides is 6. The first-order valence-electron chi connectivity index (χ1n) is 10.2. The number of rotatable bonds is 3. The molecule has 3 heterocycles. The second-order valence-electron chi connectivity index (χ2n) is 7.82. The van der Waals surface area contributed by atoms with Gasteiger partial charge in [-0.05, 0) is 12.1 Å². The van der Waals surface area contributed by atoms with Crippen molar-refractivity contribution in [2.45, 2.75) is 24.5 Å². The van der Waals surface area contributed by atoms with Crippen LogP contribution in [0.25, 0.3) is 0 Å². The van der Waals surface area contributed by atoms with Gasteiger partial charge in [-0.1, -0.05) is 6.07 Å². The number of hydrogen-bond donors (Lipinski definition) is 2. The normalized spacial score (nSPS) is 21.6. The third-order valence-electron chi connectivity index (χ3n) is 4.71. The third-order valence-corrected chi connectivity index (χ3v) is 5.96. The van der Waals surface area contributed by atoms with Gasteiger partial charge in [0.05, 0.1) is 31.8 Å². The Morgan fingerprint density at radius 1 is 1.03 bits per heavy atom. The molecule has 0 radical (unpaired) electrons. The average Bonchev–Trinajstić information content (AvgIpc) is 2.96. The molecule has 0 saturated carbocycles. The Morgan fingerprint density at radius 2 is 1.59 bits per heavy atom. The topological polar surface area (TPSA) is 147 Å². The monoisotopic (exact) mass is 569 g/mol. The molecule has 18 heteroatoms. The summed E-state index contributed by atoms with van der Waals surface area (Å²) in [6.07, 6.45) is -7.15. The second-order valence-corrected chi connectivity index (χ2v) is 9.80. The zero-order valence-electron chi connectivity index (χ0n) is 19.3. The summed E-state index contributed by atoms with van der Waals surface area (Å²) < 4.78 is 100. The van der Waals surface area contributed by atoms with Crippen molar-refractivity contribution >= 4 is 22.0 Å². The van der Waals surface area contributed by atoms with Crippen LogP contribution in [0.15, 0.2) is 24.4 Å². The first-order valence-corrected chi connectivity index (χ1v) is 12.1. The fraction of sp³-hybridized carbons (Fsp3) is 0.632. The maximum absolute atomic E-state index is 11.9. The fourth-order valence-electron chi connectivity index (χ4n) is 3.12. The van der Waals surface area contributed by atoms with Crippen LogP contribution >= 0.6 is 0 Å². The quantitative estimate of drug-likeness (QED) is 0.510. The number of aromatic nitrogens is 1. The number of morpholine rings is 1. The van der Waals surface area contributed by atoms with E-state index in [1.54, 1.807) is 6.20 Å². The lowest BCUT2D eigenvalue weighted by molar-refractivity contribution is -0.193. The summed E-state index contributed by atoms with van der Waals surface area (Å²) >= 11 is 0. The lowest BCUT2D eigenvalue weighted by Gasteiger charge is -2.42. The molecular weight excluding hydrogens is 544 g/mol. The number of carboxylic acids is 2. The Kier molecular flexibility index (Phi) is 11.7. The summed E-state index contributed by atoms with van der Waals surface area (Å²) in [5, 5.41) is 14.2. The maximum Gasteiger partial charge on any atom is 0.490 e. The lowest BCUT2D eigenvalue weighted by Crippen LogP contribution is -2.59. The predicted molar refractivity (Wildman–Crippen MR) is 113 cm³/mol. The standard InChI is InChI=1S/C15H23N3O4S.2C2HF3O2/c1-23(19,20)18-7-8-21-13-15(12-18)11-17(6-9-22-15)10-14-4-2-3-5-16-14;2*3-2(4,5)1(6)7/h2-5H,6-13H2,1H3;2*(H,6,7). The Bertz CT molecular complexity index is 970. The van der Waals surface area contributed by atoms with Crippen molar-refractivity contribution in [1.82, 2.24) is 14.2 Å². The second kappa shape index (κ2) is 13.3. The molecule has 2 saturated heterocycles. The van der Waals surface area contributed by atoms with Crippen LogP contribution in [-0.2, 0) is 35.6 Å². The van der Waals surface area contributed by atoms with Gasteiger partial charge in [0, 0.05) is 38.9 Å². The van der Waals surface area contributed by atoms with Crippen molar-refractivity contribution < 1.29 is 64.0 Å². The minimum absolute atomic E-state index is 0.338. The van der Waals surface area contributed by atoms with Gasteiger partial charge in [-0.3, -0.25) is 9.88 Å². The van der Waals surface area contributed by atoms with Gasteiger partial charge in [-0.25, -0.2) is 18.0 Å². The van der Waals surface area contributed by atoms with Gasteiger partial charge in [-0.15, -0.1) is 0 Å². The van der Waals surface area contributed by atoms with Crippen LogP contribution in [0.5, 0.6) is 0 Å². The van der Waals surface area contributed by atoms with Crippen molar-refractivity contribution in [3.8, 4) is 0 Å². The number of sulfonamides is 1. The summed E-state index contributed by atoms with van der Waals surface area (Å²) in [4.78, 5) is 24.4. The largest absolute Gasteiger partial charge is 0.490 e. The highest BCUT2D eigenvalue weighted by Crippen LogP contribution is 2.24. The first-order chi connectivity index (χ1) is 16.9. The number of carboxylic acid groups (broad SMARTS) is 2. The Labute approximate surface area is 207 Å². The molecular formula is C19H25F6N3O8S. The Balaban J connectivity index is 0.000000404. The highest BCUT2D eigenvalue weighted by atomic mass is 32.2. The highest BCUT2D eigenvalue weighted by molar-refractivity contribution is 7.88. The number of hydrogen-bond acceptors (Lipinski definition) is 8. The van der Waals surface area contributed by atoms with E-state index in [0.717, 1.165) is 18.8 Å². The van der Waals surface area contributed by atoms with Crippen LogP contribution in [0.1, 0.15) is 5.69 Å². The molecule has 1 aromatic heterocycles. The molecule has 1 unspecified atom stereocenters. The molecule has 0 aliphatic carbocycles. The summed E-state index contributed by atoms with van der Waals surface area (Å²) in [5.74, 6) is -5.51. The summed E-state index contributed by atoms with van der Waals surface area (Å²) in [5.41, 5.74) is 0.395. The average molecular weight is 569 g/mol. The molecule has 2 N–H and O–H groups in total. The molecule has 212 valence electrons. The van der Waals surface area contributed by atoms with Crippen LogP contribution in [0.2, 0.25) is 0 Å². The van der Waals surface area contributed by atoms with E-state index in [-0.39, 0.29) is 0 Å². The van der Waals surface area contributed by atoms with Crippen molar-refractivity contribution in [1.29, 1.82) is 0 Å². The molecule has 11 nitrogen and oxygen atoms in total. The Morgan fingerprint density at radius 3 is 2.05 bits per heavy atom. The number of aliphatic carboxylic acids is 2. The van der Waals surface area contributed by atoms with Crippen LogP contribution in [0.4, 0.5) is 26.3 Å². The molecule has 1 aromatic rings. The van der Waals surface area contributed by atoms with Crippen LogP contribution in [-0.4, -0.2) is 115 Å². The Hall–Kier alpha value is -2.54. The van der Waals surface area contributed by atoms with E-state index in [1.807, 2.05) is 18.2 Å². The van der Waals surface area contributed by atoms with Gasteiger partial charge in [-0.2, -0.15) is 30.6 Å². The summed E-state index contributed by atoms with van der Waals surface area (Å²) in [6, 6.07) is 5.86. The number of pyridine rings is 1. The number of nitrogens with zero attached hydrogens (tertiary/aromatic N) is 3. The lowest BCUT2D eigenvalue weighted by atomic mass is 10.0. The van der Waals surface area contributed by atoms with E-state index in [0.29, 0.717) is 39.5 Å². The molecule has 0 bridgehead atoms. The number of ether oxygens (including phenoxy) is 2. The first kappa shape index (κ1) is 32.5.